The van der Waals surface area contributed by atoms with Crippen molar-refractivity contribution in [3.05, 3.63) is 24.5 Å². The lowest BCUT2D eigenvalue weighted by Gasteiger charge is -2.42. The second-order valence-electron chi connectivity index (χ2n) is 6.22. The van der Waals surface area contributed by atoms with Gasteiger partial charge >= 0.3 is 0 Å². The minimum atomic E-state index is -0.0213. The standard InChI is InChI=1S/C16H23N3O2/c1-11(2)19-10-12(8-15-14(19)5-7-21-15)16(20)18-13-4-3-6-17-9-13/h3-4,6,9,11-12,14-15H,5,7-8,10H2,1-2H3,(H,18,20)/t12-,14+,15+/m0/s1. The zero-order valence-corrected chi connectivity index (χ0v) is 12.7. The van der Waals surface area contributed by atoms with Crippen LogP contribution in [0.3, 0.4) is 0 Å². The zero-order chi connectivity index (χ0) is 14.8. The molecule has 2 aliphatic heterocycles. The van der Waals surface area contributed by atoms with E-state index in [0.29, 0.717) is 12.1 Å². The maximum Gasteiger partial charge on any atom is 0.228 e. The number of fused-ring (bicyclic) bond motifs is 1. The smallest absolute Gasteiger partial charge is 0.228 e. The summed E-state index contributed by atoms with van der Waals surface area (Å²) in [5.41, 5.74) is 0.757. The van der Waals surface area contributed by atoms with E-state index in [9.17, 15) is 4.79 Å². The molecule has 21 heavy (non-hydrogen) atoms. The maximum absolute atomic E-state index is 12.5. The first kappa shape index (κ1) is 14.5. The van der Waals surface area contributed by atoms with E-state index in [1.807, 2.05) is 12.1 Å². The Bertz CT molecular complexity index is 492. The summed E-state index contributed by atoms with van der Waals surface area (Å²) in [7, 11) is 0. The van der Waals surface area contributed by atoms with E-state index in [0.717, 1.165) is 31.7 Å². The topological polar surface area (TPSA) is 54.5 Å². The van der Waals surface area contributed by atoms with Gasteiger partial charge in [0.1, 0.15) is 0 Å². The molecule has 2 fully saturated rings. The van der Waals surface area contributed by atoms with Crippen molar-refractivity contribution in [2.75, 3.05) is 18.5 Å². The van der Waals surface area contributed by atoms with Crippen molar-refractivity contribution < 1.29 is 9.53 Å². The Morgan fingerprint density at radius 1 is 1.52 bits per heavy atom. The molecule has 0 radical (unpaired) electrons. The molecule has 0 aromatic carbocycles. The molecule has 3 heterocycles. The van der Waals surface area contributed by atoms with Crippen LogP contribution in [-0.2, 0) is 9.53 Å². The molecule has 0 aliphatic carbocycles. The molecular formula is C16H23N3O2. The van der Waals surface area contributed by atoms with Gasteiger partial charge in [0.15, 0.2) is 0 Å². The number of piperidine rings is 1. The Labute approximate surface area is 125 Å². The summed E-state index contributed by atoms with van der Waals surface area (Å²) < 4.78 is 5.83. The van der Waals surface area contributed by atoms with Gasteiger partial charge in [-0.25, -0.2) is 0 Å². The Morgan fingerprint density at radius 3 is 3.10 bits per heavy atom. The van der Waals surface area contributed by atoms with Gasteiger partial charge in [-0.2, -0.15) is 0 Å². The first-order valence-corrected chi connectivity index (χ1v) is 7.73. The van der Waals surface area contributed by atoms with E-state index >= 15 is 0 Å². The third-order valence-corrected chi connectivity index (χ3v) is 4.51. The monoisotopic (exact) mass is 289 g/mol. The lowest BCUT2D eigenvalue weighted by Crippen LogP contribution is -2.54. The molecule has 5 nitrogen and oxygen atoms in total. The SMILES string of the molecule is CC(C)N1C[C@@H](C(=O)Nc2cccnc2)C[C@H]2OCC[C@H]21. The number of anilines is 1. The van der Waals surface area contributed by atoms with Crippen molar-refractivity contribution in [1.29, 1.82) is 0 Å². The molecule has 3 rings (SSSR count). The summed E-state index contributed by atoms with van der Waals surface area (Å²) in [6.45, 7) is 6.01. The van der Waals surface area contributed by atoms with Crippen molar-refractivity contribution in [2.24, 2.45) is 5.92 Å². The minimum Gasteiger partial charge on any atom is -0.377 e. The number of carbonyl (C=O) groups excluding carboxylic acids is 1. The van der Waals surface area contributed by atoms with E-state index in [1.54, 1.807) is 12.4 Å². The summed E-state index contributed by atoms with van der Waals surface area (Å²) in [6.07, 6.45) is 5.48. The van der Waals surface area contributed by atoms with E-state index in [1.165, 1.54) is 0 Å². The molecule has 114 valence electrons. The number of rotatable bonds is 3. The van der Waals surface area contributed by atoms with Crippen molar-refractivity contribution in [3.63, 3.8) is 0 Å². The van der Waals surface area contributed by atoms with Crippen LogP contribution in [0.4, 0.5) is 5.69 Å². The maximum atomic E-state index is 12.5. The number of nitrogens with one attached hydrogen (secondary N) is 1. The lowest BCUT2D eigenvalue weighted by molar-refractivity contribution is -0.124. The molecule has 1 aromatic rings. The van der Waals surface area contributed by atoms with Crippen molar-refractivity contribution >= 4 is 11.6 Å². The van der Waals surface area contributed by atoms with Gasteiger partial charge in [0.25, 0.3) is 0 Å². The van der Waals surface area contributed by atoms with Gasteiger partial charge in [0.05, 0.1) is 23.9 Å². The number of likely N-dealkylation sites (tertiary alicyclic amines) is 1. The average molecular weight is 289 g/mol. The Kier molecular flexibility index (Phi) is 4.22. The third-order valence-electron chi connectivity index (χ3n) is 4.51. The summed E-state index contributed by atoms with van der Waals surface area (Å²) >= 11 is 0. The number of hydrogen-bond acceptors (Lipinski definition) is 4. The molecule has 0 saturated carbocycles. The van der Waals surface area contributed by atoms with E-state index < -0.39 is 0 Å². The molecule has 2 saturated heterocycles. The van der Waals surface area contributed by atoms with Crippen LogP contribution in [0.2, 0.25) is 0 Å². The van der Waals surface area contributed by atoms with Crippen LogP contribution >= 0.6 is 0 Å². The summed E-state index contributed by atoms with van der Waals surface area (Å²) in [5, 5.41) is 2.97. The van der Waals surface area contributed by atoms with Gasteiger partial charge in [-0.05, 0) is 38.8 Å². The van der Waals surface area contributed by atoms with Gasteiger partial charge in [-0.1, -0.05) is 0 Å². The highest BCUT2D eigenvalue weighted by Gasteiger charge is 2.42. The number of hydrogen-bond donors (Lipinski definition) is 1. The van der Waals surface area contributed by atoms with E-state index in [2.05, 4.69) is 29.0 Å². The minimum absolute atomic E-state index is 0.0213. The highest BCUT2D eigenvalue weighted by Crippen LogP contribution is 2.33. The molecule has 3 atom stereocenters. The number of ether oxygens (including phenoxy) is 1. The van der Waals surface area contributed by atoms with Gasteiger partial charge in [0, 0.05) is 31.4 Å². The van der Waals surface area contributed by atoms with Gasteiger partial charge in [0.2, 0.25) is 5.91 Å². The number of nitrogens with zero attached hydrogens (tertiary/aromatic N) is 2. The fourth-order valence-corrected chi connectivity index (χ4v) is 3.45. The fourth-order valence-electron chi connectivity index (χ4n) is 3.45. The number of carbonyl (C=O) groups is 1. The van der Waals surface area contributed by atoms with Crippen molar-refractivity contribution in [3.8, 4) is 0 Å². The number of amides is 1. The highest BCUT2D eigenvalue weighted by atomic mass is 16.5. The average Bonchev–Trinajstić information content (AvgIpc) is 2.95. The normalized spacial score (nSPS) is 29.4. The summed E-state index contributed by atoms with van der Waals surface area (Å²) in [5.74, 6) is 0.0505. The predicted molar refractivity (Wildman–Crippen MR) is 81.0 cm³/mol. The van der Waals surface area contributed by atoms with Crippen molar-refractivity contribution in [1.82, 2.24) is 9.88 Å². The summed E-state index contributed by atoms with van der Waals surface area (Å²) in [4.78, 5) is 19.0. The van der Waals surface area contributed by atoms with Crippen molar-refractivity contribution in [2.45, 2.75) is 44.9 Å². The first-order chi connectivity index (χ1) is 10.1. The molecule has 2 aliphatic rings. The Morgan fingerprint density at radius 2 is 2.38 bits per heavy atom. The van der Waals surface area contributed by atoms with Crippen LogP contribution in [0, 0.1) is 5.92 Å². The van der Waals surface area contributed by atoms with Gasteiger partial charge in [-0.15, -0.1) is 0 Å². The highest BCUT2D eigenvalue weighted by molar-refractivity contribution is 5.92. The van der Waals surface area contributed by atoms with E-state index in [4.69, 9.17) is 4.74 Å². The Balaban J connectivity index is 1.69. The van der Waals surface area contributed by atoms with Crippen LogP contribution in [0.1, 0.15) is 26.7 Å². The second-order valence-corrected chi connectivity index (χ2v) is 6.22. The number of pyridine rings is 1. The third kappa shape index (κ3) is 3.09. The molecule has 1 N–H and O–H groups in total. The quantitative estimate of drug-likeness (QED) is 0.923. The largest absolute Gasteiger partial charge is 0.377 e. The van der Waals surface area contributed by atoms with Gasteiger partial charge in [-0.3, -0.25) is 14.7 Å². The van der Waals surface area contributed by atoms with Crippen LogP contribution in [0.5, 0.6) is 0 Å². The first-order valence-electron chi connectivity index (χ1n) is 7.73. The molecule has 1 amide bonds. The van der Waals surface area contributed by atoms with Crippen LogP contribution in [0.15, 0.2) is 24.5 Å². The lowest BCUT2D eigenvalue weighted by atomic mass is 9.88. The molecule has 0 spiro atoms. The molecule has 0 unspecified atom stereocenters. The van der Waals surface area contributed by atoms with Crippen LogP contribution < -0.4 is 5.32 Å². The second kappa shape index (κ2) is 6.12. The van der Waals surface area contributed by atoms with Crippen LogP contribution in [0.25, 0.3) is 0 Å². The van der Waals surface area contributed by atoms with E-state index in [-0.39, 0.29) is 17.9 Å². The molecule has 5 heteroatoms. The predicted octanol–water partition coefficient (Wildman–Crippen LogP) is 1.91. The summed E-state index contributed by atoms with van der Waals surface area (Å²) in [6, 6.07) is 4.61. The molecular weight excluding hydrogens is 266 g/mol. The molecule has 1 aromatic heterocycles. The number of aromatic nitrogens is 1. The Hall–Kier alpha value is -1.46. The fraction of sp³-hybridized carbons (Fsp3) is 0.625. The zero-order valence-electron chi connectivity index (χ0n) is 12.7. The van der Waals surface area contributed by atoms with Crippen LogP contribution in [-0.4, -0.2) is 47.1 Å². The molecule has 0 bridgehead atoms. The van der Waals surface area contributed by atoms with Gasteiger partial charge < -0.3 is 10.1 Å².